The van der Waals surface area contributed by atoms with Gasteiger partial charge in [-0.1, -0.05) is 45.0 Å². The van der Waals surface area contributed by atoms with Crippen LogP contribution in [0.15, 0.2) is 24.3 Å². The molecule has 0 radical (unpaired) electrons. The summed E-state index contributed by atoms with van der Waals surface area (Å²) in [7, 11) is 1.79. The average molecular weight is 277 g/mol. The highest BCUT2D eigenvalue weighted by molar-refractivity contribution is 5.26. The zero-order valence-electron chi connectivity index (χ0n) is 13.8. The summed E-state index contributed by atoms with van der Waals surface area (Å²) in [4.78, 5) is 0. The van der Waals surface area contributed by atoms with Gasteiger partial charge in [-0.15, -0.1) is 0 Å². The van der Waals surface area contributed by atoms with Crippen molar-refractivity contribution in [3.05, 3.63) is 35.4 Å². The van der Waals surface area contributed by atoms with E-state index in [1.54, 1.807) is 7.11 Å². The molecule has 1 aromatic carbocycles. The standard InChI is InChI=1S/C18H31NO/c1-6-13-19-18(12-7-15(4)20-5)17-10-8-16(9-11-17)14(2)3/h8-11,14-15,18-19H,6-7,12-13H2,1-5H3. The van der Waals surface area contributed by atoms with E-state index in [1.165, 1.54) is 17.5 Å². The molecule has 1 N–H and O–H groups in total. The number of methoxy groups -OCH3 is 1. The van der Waals surface area contributed by atoms with Crippen LogP contribution in [0, 0.1) is 0 Å². The molecule has 0 aliphatic rings. The Balaban J connectivity index is 2.70. The Hall–Kier alpha value is -0.860. The van der Waals surface area contributed by atoms with E-state index in [0.29, 0.717) is 18.1 Å². The van der Waals surface area contributed by atoms with E-state index in [0.717, 1.165) is 19.4 Å². The van der Waals surface area contributed by atoms with Crippen molar-refractivity contribution in [1.29, 1.82) is 0 Å². The second-order valence-corrected chi connectivity index (χ2v) is 5.95. The maximum absolute atomic E-state index is 5.36. The molecule has 0 saturated carbocycles. The van der Waals surface area contributed by atoms with E-state index in [-0.39, 0.29) is 0 Å². The topological polar surface area (TPSA) is 21.3 Å². The highest BCUT2D eigenvalue weighted by Gasteiger charge is 2.12. The van der Waals surface area contributed by atoms with Gasteiger partial charge in [0.25, 0.3) is 0 Å². The summed E-state index contributed by atoms with van der Waals surface area (Å²) in [6.07, 6.45) is 3.70. The third kappa shape index (κ3) is 5.64. The van der Waals surface area contributed by atoms with Crippen molar-refractivity contribution in [3.8, 4) is 0 Å². The Labute approximate surface area is 124 Å². The van der Waals surface area contributed by atoms with Crippen molar-refractivity contribution in [2.45, 2.75) is 65.0 Å². The fourth-order valence-corrected chi connectivity index (χ4v) is 2.34. The van der Waals surface area contributed by atoms with Crippen molar-refractivity contribution in [2.75, 3.05) is 13.7 Å². The van der Waals surface area contributed by atoms with Crippen molar-refractivity contribution in [1.82, 2.24) is 5.32 Å². The first-order chi connectivity index (χ1) is 9.58. The van der Waals surface area contributed by atoms with Crippen LogP contribution in [0.5, 0.6) is 0 Å². The molecule has 2 unspecified atom stereocenters. The molecule has 1 aromatic rings. The number of hydrogen-bond acceptors (Lipinski definition) is 2. The zero-order chi connectivity index (χ0) is 15.0. The van der Waals surface area contributed by atoms with Crippen LogP contribution >= 0.6 is 0 Å². The van der Waals surface area contributed by atoms with Crippen LogP contribution in [0.1, 0.15) is 70.0 Å². The second kappa shape index (κ2) is 9.15. The molecule has 0 spiro atoms. The molecule has 1 rings (SSSR count). The summed E-state index contributed by atoms with van der Waals surface area (Å²) in [6, 6.07) is 9.52. The van der Waals surface area contributed by atoms with E-state index in [4.69, 9.17) is 4.74 Å². The van der Waals surface area contributed by atoms with Crippen molar-refractivity contribution < 1.29 is 4.74 Å². The van der Waals surface area contributed by atoms with Crippen molar-refractivity contribution >= 4 is 0 Å². The number of rotatable bonds is 9. The Morgan fingerprint density at radius 2 is 1.60 bits per heavy atom. The van der Waals surface area contributed by atoms with Crippen molar-refractivity contribution in [2.24, 2.45) is 0 Å². The molecule has 0 bridgehead atoms. The molecule has 0 aliphatic heterocycles. The molecule has 2 heteroatoms. The normalized spacial score (nSPS) is 14.5. The Bertz CT molecular complexity index is 358. The van der Waals surface area contributed by atoms with Gasteiger partial charge in [-0.05, 0) is 49.8 Å². The Morgan fingerprint density at radius 3 is 2.10 bits per heavy atom. The minimum absolute atomic E-state index is 0.330. The molecule has 0 saturated heterocycles. The molecule has 0 amide bonds. The summed E-state index contributed by atoms with van der Waals surface area (Å²) in [5.41, 5.74) is 2.81. The maximum atomic E-state index is 5.36. The molecule has 20 heavy (non-hydrogen) atoms. The van der Waals surface area contributed by atoms with Crippen LogP contribution in [0.3, 0.4) is 0 Å². The third-order valence-corrected chi connectivity index (χ3v) is 3.91. The average Bonchev–Trinajstić information content (AvgIpc) is 2.47. The first-order valence-electron chi connectivity index (χ1n) is 7.94. The highest BCUT2D eigenvalue weighted by atomic mass is 16.5. The predicted octanol–water partition coefficient (Wildman–Crippen LogP) is 4.67. The lowest BCUT2D eigenvalue weighted by atomic mass is 9.96. The van der Waals surface area contributed by atoms with E-state index < -0.39 is 0 Å². The van der Waals surface area contributed by atoms with E-state index in [9.17, 15) is 0 Å². The van der Waals surface area contributed by atoms with Gasteiger partial charge in [0.15, 0.2) is 0 Å². The van der Waals surface area contributed by atoms with Gasteiger partial charge in [0, 0.05) is 13.2 Å². The minimum Gasteiger partial charge on any atom is -0.382 e. The highest BCUT2D eigenvalue weighted by Crippen LogP contribution is 2.23. The lowest BCUT2D eigenvalue weighted by molar-refractivity contribution is 0.106. The summed E-state index contributed by atoms with van der Waals surface area (Å²) < 4.78 is 5.36. The van der Waals surface area contributed by atoms with Crippen LogP contribution < -0.4 is 5.32 Å². The van der Waals surface area contributed by atoms with E-state index in [1.807, 2.05) is 0 Å². The van der Waals surface area contributed by atoms with E-state index >= 15 is 0 Å². The lowest BCUT2D eigenvalue weighted by Gasteiger charge is -2.21. The smallest absolute Gasteiger partial charge is 0.0543 e. The molecule has 0 heterocycles. The first kappa shape index (κ1) is 17.2. The fraction of sp³-hybridized carbons (Fsp3) is 0.667. The molecular weight excluding hydrogens is 246 g/mol. The first-order valence-corrected chi connectivity index (χ1v) is 7.94. The van der Waals surface area contributed by atoms with Crippen LogP contribution in [-0.2, 0) is 4.74 Å². The Kier molecular flexibility index (Phi) is 7.86. The quantitative estimate of drug-likeness (QED) is 0.708. The van der Waals surface area contributed by atoms with Gasteiger partial charge in [0.2, 0.25) is 0 Å². The van der Waals surface area contributed by atoms with Gasteiger partial charge in [-0.25, -0.2) is 0 Å². The van der Waals surface area contributed by atoms with E-state index in [2.05, 4.69) is 57.3 Å². The number of ether oxygens (including phenoxy) is 1. The number of benzene rings is 1. The Morgan fingerprint density at radius 1 is 1.00 bits per heavy atom. The van der Waals surface area contributed by atoms with Crippen LogP contribution in [-0.4, -0.2) is 19.8 Å². The maximum Gasteiger partial charge on any atom is 0.0543 e. The van der Waals surface area contributed by atoms with Gasteiger partial charge in [0.1, 0.15) is 0 Å². The molecular formula is C18H31NO. The second-order valence-electron chi connectivity index (χ2n) is 5.95. The predicted molar refractivity (Wildman–Crippen MR) is 87.3 cm³/mol. The van der Waals surface area contributed by atoms with Gasteiger partial charge >= 0.3 is 0 Å². The summed E-state index contributed by atoms with van der Waals surface area (Å²) in [5, 5.41) is 3.66. The van der Waals surface area contributed by atoms with Gasteiger partial charge < -0.3 is 10.1 Å². The molecule has 114 valence electrons. The fourth-order valence-electron chi connectivity index (χ4n) is 2.34. The van der Waals surface area contributed by atoms with Crippen LogP contribution in [0.4, 0.5) is 0 Å². The molecule has 0 fully saturated rings. The van der Waals surface area contributed by atoms with Crippen LogP contribution in [0.2, 0.25) is 0 Å². The summed E-state index contributed by atoms with van der Waals surface area (Å²) in [6.45, 7) is 9.89. The number of nitrogens with one attached hydrogen (secondary N) is 1. The summed E-state index contributed by atoms with van der Waals surface area (Å²) >= 11 is 0. The van der Waals surface area contributed by atoms with Crippen LogP contribution in [0.25, 0.3) is 0 Å². The van der Waals surface area contributed by atoms with Gasteiger partial charge in [-0.2, -0.15) is 0 Å². The minimum atomic E-state index is 0.330. The molecule has 2 nitrogen and oxygen atoms in total. The third-order valence-electron chi connectivity index (χ3n) is 3.91. The van der Waals surface area contributed by atoms with Crippen molar-refractivity contribution in [3.63, 3.8) is 0 Å². The monoisotopic (exact) mass is 277 g/mol. The molecule has 0 aliphatic carbocycles. The SMILES string of the molecule is CCCNC(CCC(C)OC)c1ccc(C(C)C)cc1. The molecule has 2 atom stereocenters. The van der Waals surface area contributed by atoms with Gasteiger partial charge in [-0.3, -0.25) is 0 Å². The number of hydrogen-bond donors (Lipinski definition) is 1. The summed E-state index contributed by atoms with van der Waals surface area (Å²) in [5.74, 6) is 0.597. The zero-order valence-corrected chi connectivity index (χ0v) is 13.8. The largest absolute Gasteiger partial charge is 0.382 e. The van der Waals surface area contributed by atoms with Gasteiger partial charge in [0.05, 0.1) is 6.10 Å². The molecule has 0 aromatic heterocycles. The lowest BCUT2D eigenvalue weighted by Crippen LogP contribution is -2.23.